The molecule has 0 unspecified atom stereocenters. The number of hydrogen-bond donors (Lipinski definition) is 1. The summed E-state index contributed by atoms with van der Waals surface area (Å²) in [6.07, 6.45) is 0. The van der Waals surface area contributed by atoms with Crippen LogP contribution in [0.1, 0.15) is 15.2 Å². The zero-order chi connectivity index (χ0) is 16.3. The van der Waals surface area contributed by atoms with Crippen molar-refractivity contribution in [1.29, 1.82) is 0 Å². The van der Waals surface area contributed by atoms with Crippen LogP contribution in [-0.2, 0) is 16.6 Å². The van der Waals surface area contributed by atoms with E-state index in [1.54, 1.807) is 6.07 Å². The van der Waals surface area contributed by atoms with Gasteiger partial charge in [0.1, 0.15) is 0 Å². The Balaban J connectivity index is 2.05. The topological polar surface area (TPSA) is 66.5 Å². The number of hydrogen-bond acceptors (Lipinski definition) is 4. The zero-order valence-corrected chi connectivity index (χ0v) is 14.4. The van der Waals surface area contributed by atoms with E-state index in [4.69, 9.17) is 11.6 Å². The van der Waals surface area contributed by atoms with Gasteiger partial charge in [-0.05, 0) is 36.4 Å². The molecule has 8 heteroatoms. The molecule has 0 aliphatic heterocycles. The molecule has 0 bridgehead atoms. The molecule has 0 spiro atoms. The van der Waals surface area contributed by atoms with Gasteiger partial charge in [-0.1, -0.05) is 11.6 Å². The van der Waals surface area contributed by atoms with Crippen molar-refractivity contribution in [2.75, 3.05) is 14.1 Å². The van der Waals surface area contributed by atoms with Gasteiger partial charge in [0.2, 0.25) is 10.0 Å². The van der Waals surface area contributed by atoms with Gasteiger partial charge in [-0.25, -0.2) is 12.7 Å². The van der Waals surface area contributed by atoms with E-state index in [0.717, 1.165) is 9.18 Å². The Bertz CT molecular complexity index is 768. The third-order valence-corrected chi connectivity index (χ3v) is 6.01. The van der Waals surface area contributed by atoms with E-state index >= 15 is 0 Å². The minimum Gasteiger partial charge on any atom is -0.347 e. The summed E-state index contributed by atoms with van der Waals surface area (Å²) in [6, 6.07) is 9.45. The number of thiophene rings is 1. The fourth-order valence-corrected chi connectivity index (χ4v) is 3.63. The molecule has 5 nitrogen and oxygen atoms in total. The highest BCUT2D eigenvalue weighted by Gasteiger charge is 2.17. The number of benzene rings is 1. The third-order valence-electron chi connectivity index (χ3n) is 2.95. The summed E-state index contributed by atoms with van der Waals surface area (Å²) in [7, 11) is -0.562. The van der Waals surface area contributed by atoms with Gasteiger partial charge in [-0.2, -0.15) is 0 Å². The fourth-order valence-electron chi connectivity index (χ4n) is 1.71. The lowest BCUT2D eigenvalue weighted by Crippen LogP contribution is -2.23. The zero-order valence-electron chi connectivity index (χ0n) is 12.0. The molecule has 0 fully saturated rings. The van der Waals surface area contributed by atoms with E-state index in [1.165, 1.54) is 49.7 Å². The van der Waals surface area contributed by atoms with Crippen molar-refractivity contribution < 1.29 is 13.2 Å². The van der Waals surface area contributed by atoms with Gasteiger partial charge in [-0.3, -0.25) is 4.79 Å². The molecule has 118 valence electrons. The van der Waals surface area contributed by atoms with Gasteiger partial charge in [0.05, 0.1) is 15.8 Å². The Labute approximate surface area is 138 Å². The molecule has 0 saturated carbocycles. The highest BCUT2D eigenvalue weighted by molar-refractivity contribution is 7.89. The number of carbonyl (C=O) groups excluding carboxylic acids is 1. The highest BCUT2D eigenvalue weighted by Crippen LogP contribution is 2.21. The first-order chi connectivity index (χ1) is 10.3. The van der Waals surface area contributed by atoms with E-state index < -0.39 is 10.0 Å². The van der Waals surface area contributed by atoms with Crippen LogP contribution in [0.2, 0.25) is 4.34 Å². The van der Waals surface area contributed by atoms with Crippen LogP contribution in [0.15, 0.2) is 41.3 Å². The van der Waals surface area contributed by atoms with Crippen molar-refractivity contribution in [3.8, 4) is 0 Å². The van der Waals surface area contributed by atoms with E-state index in [2.05, 4.69) is 5.32 Å². The maximum Gasteiger partial charge on any atom is 0.251 e. The molecule has 0 radical (unpaired) electrons. The van der Waals surface area contributed by atoms with Gasteiger partial charge in [0.25, 0.3) is 5.91 Å². The summed E-state index contributed by atoms with van der Waals surface area (Å²) in [5.41, 5.74) is 0.403. The van der Waals surface area contributed by atoms with Crippen LogP contribution in [0, 0.1) is 0 Å². The van der Waals surface area contributed by atoms with Crippen LogP contribution < -0.4 is 5.32 Å². The van der Waals surface area contributed by atoms with E-state index in [9.17, 15) is 13.2 Å². The Hall–Kier alpha value is -1.41. The predicted octanol–water partition coefficient (Wildman–Crippen LogP) is 2.58. The SMILES string of the molecule is CN(C)S(=O)(=O)c1ccc(C(=O)NCc2ccc(Cl)s2)cc1. The second kappa shape index (κ2) is 6.78. The molecule has 2 rings (SSSR count). The van der Waals surface area contributed by atoms with Crippen LogP contribution in [0.3, 0.4) is 0 Å². The summed E-state index contributed by atoms with van der Waals surface area (Å²) in [5.74, 6) is -0.265. The summed E-state index contributed by atoms with van der Waals surface area (Å²) in [6.45, 7) is 0.383. The average molecular weight is 359 g/mol. The Morgan fingerprint density at radius 3 is 2.32 bits per heavy atom. The molecule has 1 amide bonds. The number of rotatable bonds is 5. The molecule has 0 aliphatic carbocycles. The van der Waals surface area contributed by atoms with Gasteiger partial charge in [0, 0.05) is 24.5 Å². The van der Waals surface area contributed by atoms with Crippen molar-refractivity contribution in [3.63, 3.8) is 0 Å². The van der Waals surface area contributed by atoms with Crippen molar-refractivity contribution in [3.05, 3.63) is 51.2 Å². The summed E-state index contributed by atoms with van der Waals surface area (Å²) >= 11 is 7.22. The number of nitrogens with zero attached hydrogens (tertiary/aromatic N) is 1. The first kappa shape index (κ1) is 17.0. The number of carbonyl (C=O) groups is 1. The van der Waals surface area contributed by atoms with E-state index in [0.29, 0.717) is 16.4 Å². The molecule has 22 heavy (non-hydrogen) atoms. The second-order valence-electron chi connectivity index (χ2n) is 4.70. The highest BCUT2D eigenvalue weighted by atomic mass is 35.5. The summed E-state index contributed by atoms with van der Waals surface area (Å²) in [4.78, 5) is 13.1. The Morgan fingerprint density at radius 2 is 1.82 bits per heavy atom. The van der Waals surface area contributed by atoms with Gasteiger partial charge < -0.3 is 5.32 Å². The fraction of sp³-hybridized carbons (Fsp3) is 0.214. The van der Waals surface area contributed by atoms with Crippen LogP contribution in [0.25, 0.3) is 0 Å². The number of nitrogens with one attached hydrogen (secondary N) is 1. The Morgan fingerprint density at radius 1 is 1.18 bits per heavy atom. The quantitative estimate of drug-likeness (QED) is 0.893. The molecular formula is C14H15ClN2O3S2. The summed E-state index contributed by atoms with van der Waals surface area (Å²) in [5, 5.41) is 2.76. The maximum atomic E-state index is 12.0. The normalized spacial score (nSPS) is 11.6. The van der Waals surface area contributed by atoms with Crippen LogP contribution >= 0.6 is 22.9 Å². The minimum absolute atomic E-state index is 0.152. The lowest BCUT2D eigenvalue weighted by atomic mass is 10.2. The Kier molecular flexibility index (Phi) is 5.23. The molecule has 2 aromatic rings. The number of halogens is 1. The third kappa shape index (κ3) is 3.86. The van der Waals surface area contributed by atoms with Crippen molar-refractivity contribution in [2.45, 2.75) is 11.4 Å². The lowest BCUT2D eigenvalue weighted by molar-refractivity contribution is 0.0951. The number of amides is 1. The van der Waals surface area contributed by atoms with Crippen LogP contribution in [-0.4, -0.2) is 32.7 Å². The lowest BCUT2D eigenvalue weighted by Gasteiger charge is -2.11. The first-order valence-corrected chi connectivity index (χ1v) is 8.99. The molecule has 1 aromatic carbocycles. The van der Waals surface area contributed by atoms with Gasteiger partial charge in [0.15, 0.2) is 0 Å². The average Bonchev–Trinajstić information content (AvgIpc) is 2.90. The molecule has 0 atom stereocenters. The van der Waals surface area contributed by atoms with Crippen molar-refractivity contribution in [1.82, 2.24) is 9.62 Å². The van der Waals surface area contributed by atoms with Gasteiger partial charge in [-0.15, -0.1) is 11.3 Å². The smallest absolute Gasteiger partial charge is 0.251 e. The molecular weight excluding hydrogens is 344 g/mol. The first-order valence-electron chi connectivity index (χ1n) is 6.35. The van der Waals surface area contributed by atoms with Crippen molar-refractivity contribution >= 4 is 38.9 Å². The largest absolute Gasteiger partial charge is 0.347 e. The van der Waals surface area contributed by atoms with Crippen LogP contribution in [0.4, 0.5) is 0 Å². The standard InChI is InChI=1S/C14H15ClN2O3S2/c1-17(2)22(19,20)12-6-3-10(4-7-12)14(18)16-9-11-5-8-13(15)21-11/h3-8H,9H2,1-2H3,(H,16,18). The predicted molar refractivity (Wildman–Crippen MR) is 87.8 cm³/mol. The molecule has 1 heterocycles. The van der Waals surface area contributed by atoms with Crippen molar-refractivity contribution in [2.24, 2.45) is 0 Å². The summed E-state index contributed by atoms with van der Waals surface area (Å²) < 4.78 is 25.7. The molecule has 0 aliphatic rings. The second-order valence-corrected chi connectivity index (χ2v) is 8.65. The molecule has 1 aromatic heterocycles. The van der Waals surface area contributed by atoms with E-state index in [1.807, 2.05) is 6.07 Å². The van der Waals surface area contributed by atoms with Crippen LogP contribution in [0.5, 0.6) is 0 Å². The minimum atomic E-state index is -3.48. The molecule has 0 saturated heterocycles. The van der Waals surface area contributed by atoms with Gasteiger partial charge >= 0.3 is 0 Å². The maximum absolute atomic E-state index is 12.0. The molecule has 1 N–H and O–H groups in total. The monoisotopic (exact) mass is 358 g/mol. The van der Waals surface area contributed by atoms with E-state index in [-0.39, 0.29) is 10.8 Å². The number of sulfonamides is 1.